The molecule has 1 heterocycles. The normalized spacial score (nSPS) is 25.5. The highest BCUT2D eigenvalue weighted by molar-refractivity contribution is 6.03. The van der Waals surface area contributed by atoms with Crippen LogP contribution in [0.3, 0.4) is 0 Å². The molecule has 1 aromatic rings. The van der Waals surface area contributed by atoms with Gasteiger partial charge in [-0.3, -0.25) is 4.79 Å². The third-order valence-electron chi connectivity index (χ3n) is 11.5. The number of unbranched alkanes of at least 4 members (excludes halogenated alkanes) is 10. The Labute approximate surface area is 313 Å². The Kier molecular flexibility index (Phi) is 17.5. The Morgan fingerprint density at radius 2 is 1.67 bits per heavy atom. The second kappa shape index (κ2) is 21.7. The highest BCUT2D eigenvalue weighted by Gasteiger charge is 2.65. The molecular weight excluding hydrogens is 656 g/mol. The molecule has 292 valence electrons. The Morgan fingerprint density at radius 3 is 2.33 bits per heavy atom. The SMILES string of the molecule is C=CCOC12Oc3ccc(O)cc3C3C(CCCCO)C(CCCCO)C=C(C(=NOC)CC1N(CCC)C(=O)CCCCCCCCCCC)C32. The lowest BCUT2D eigenvalue weighted by Crippen LogP contribution is -2.70. The summed E-state index contributed by atoms with van der Waals surface area (Å²) < 4.78 is 14.1. The van der Waals surface area contributed by atoms with E-state index in [0.29, 0.717) is 31.6 Å². The number of rotatable bonds is 25. The molecule has 0 radical (unpaired) electrons. The first-order chi connectivity index (χ1) is 25.4. The molecule has 1 aliphatic heterocycles. The summed E-state index contributed by atoms with van der Waals surface area (Å²) in [6.07, 6.45) is 21.3. The molecule has 4 rings (SSSR count). The van der Waals surface area contributed by atoms with Crippen LogP contribution in [0.15, 0.2) is 47.7 Å². The summed E-state index contributed by atoms with van der Waals surface area (Å²) in [5.74, 6) is -0.483. The molecule has 0 spiro atoms. The summed E-state index contributed by atoms with van der Waals surface area (Å²) in [6.45, 7) is 9.42. The highest BCUT2D eigenvalue weighted by Crippen LogP contribution is 2.61. The maximum atomic E-state index is 14.4. The van der Waals surface area contributed by atoms with Crippen LogP contribution < -0.4 is 4.74 Å². The number of benzene rings is 1. The van der Waals surface area contributed by atoms with Crippen molar-refractivity contribution in [2.24, 2.45) is 22.9 Å². The smallest absolute Gasteiger partial charge is 0.239 e. The summed E-state index contributed by atoms with van der Waals surface area (Å²) in [4.78, 5) is 21.9. The van der Waals surface area contributed by atoms with Crippen molar-refractivity contribution in [3.63, 3.8) is 0 Å². The fourth-order valence-corrected chi connectivity index (χ4v) is 9.19. The second-order valence-electron chi connectivity index (χ2n) is 15.1. The van der Waals surface area contributed by atoms with Gasteiger partial charge in [0.05, 0.1) is 18.2 Å². The Balaban J connectivity index is 1.78. The molecule has 1 fully saturated rings. The van der Waals surface area contributed by atoms with Crippen LogP contribution in [0.1, 0.15) is 141 Å². The van der Waals surface area contributed by atoms with Gasteiger partial charge in [-0.05, 0) is 74.1 Å². The number of aromatic hydroxyl groups is 1. The summed E-state index contributed by atoms with van der Waals surface area (Å²) in [5, 5.41) is 35.0. The van der Waals surface area contributed by atoms with Crippen LogP contribution in [0.5, 0.6) is 11.5 Å². The average Bonchev–Trinajstić information content (AvgIpc) is 3.14. The van der Waals surface area contributed by atoms with E-state index in [2.05, 4.69) is 31.7 Å². The zero-order valence-corrected chi connectivity index (χ0v) is 32.4. The largest absolute Gasteiger partial charge is 0.508 e. The van der Waals surface area contributed by atoms with Crippen molar-refractivity contribution in [2.45, 2.75) is 147 Å². The number of nitrogens with zero attached hydrogens (tertiary/aromatic N) is 2. The number of phenols is 1. The number of fused-ring (bicyclic) bond motifs is 2. The first kappa shape index (κ1) is 41.9. The molecule has 9 nitrogen and oxygen atoms in total. The number of oxime groups is 1. The molecule has 2 aliphatic carbocycles. The van der Waals surface area contributed by atoms with Crippen molar-refractivity contribution in [1.29, 1.82) is 0 Å². The fraction of sp³-hybridized carbons (Fsp3) is 0.721. The maximum Gasteiger partial charge on any atom is 0.239 e. The second-order valence-corrected chi connectivity index (χ2v) is 15.1. The lowest BCUT2D eigenvalue weighted by atomic mass is 9.55. The Hall–Kier alpha value is -2.88. The number of phenolic OH excluding ortho intramolecular Hbond substituents is 1. The number of aliphatic hydroxyl groups excluding tert-OH is 2. The maximum absolute atomic E-state index is 14.4. The number of ether oxygens (including phenoxy) is 2. The summed E-state index contributed by atoms with van der Waals surface area (Å²) in [6, 6.07) is 4.85. The molecule has 1 amide bonds. The van der Waals surface area contributed by atoms with Gasteiger partial charge in [0, 0.05) is 44.1 Å². The summed E-state index contributed by atoms with van der Waals surface area (Å²) in [7, 11) is 1.57. The number of hydrogen-bond donors (Lipinski definition) is 3. The van der Waals surface area contributed by atoms with Crippen molar-refractivity contribution in [1.82, 2.24) is 4.90 Å². The molecular formula is C43H68N2O7. The Morgan fingerprint density at radius 1 is 0.981 bits per heavy atom. The van der Waals surface area contributed by atoms with Crippen LogP contribution in [0.4, 0.5) is 0 Å². The van der Waals surface area contributed by atoms with Crippen LogP contribution in [0, 0.1) is 17.8 Å². The zero-order chi connectivity index (χ0) is 37.3. The topological polar surface area (TPSA) is 121 Å². The molecule has 0 saturated heterocycles. The predicted octanol–water partition coefficient (Wildman–Crippen LogP) is 8.82. The third-order valence-corrected chi connectivity index (χ3v) is 11.5. The van der Waals surface area contributed by atoms with Gasteiger partial charge in [0.15, 0.2) is 0 Å². The van der Waals surface area contributed by atoms with Crippen molar-refractivity contribution < 1.29 is 34.4 Å². The van der Waals surface area contributed by atoms with Gasteiger partial charge in [0.2, 0.25) is 11.7 Å². The van der Waals surface area contributed by atoms with Crippen LogP contribution in [0.2, 0.25) is 0 Å². The first-order valence-electron chi connectivity index (χ1n) is 20.5. The standard InChI is InChI=1S/C43H68N2O7/c1-5-8-9-10-11-12-13-14-15-22-40(49)45(25-6-2)39-31-37(44-50-4)35-29-32(20-16-18-26-46)34(21-17-19-27-47)41-36-30-33(48)23-24-38(36)52-43(39,42(35)41)51-28-7-3/h7,23-24,29-30,32,34,39,41-42,46-48H,3,5-6,8-22,25-28,31H2,1-2,4H3. The van der Waals surface area contributed by atoms with Gasteiger partial charge in [-0.25, -0.2) is 0 Å². The molecule has 9 heteroatoms. The van der Waals surface area contributed by atoms with Crippen molar-refractivity contribution in [2.75, 3.05) is 33.5 Å². The lowest BCUT2D eigenvalue weighted by Gasteiger charge is -2.60. The molecule has 1 aromatic carbocycles. The van der Waals surface area contributed by atoms with Crippen molar-refractivity contribution in [3.05, 3.63) is 48.1 Å². The van der Waals surface area contributed by atoms with E-state index in [1.54, 1.807) is 19.3 Å². The molecule has 3 N–H and O–H groups in total. The van der Waals surface area contributed by atoms with Crippen molar-refractivity contribution >= 4 is 11.6 Å². The van der Waals surface area contributed by atoms with Gasteiger partial charge in [0.25, 0.3) is 0 Å². The van der Waals surface area contributed by atoms with E-state index in [9.17, 15) is 20.1 Å². The van der Waals surface area contributed by atoms with Crippen LogP contribution >= 0.6 is 0 Å². The third kappa shape index (κ3) is 10.2. The number of carbonyl (C=O) groups is 1. The van der Waals surface area contributed by atoms with Crippen molar-refractivity contribution in [3.8, 4) is 11.5 Å². The molecule has 3 aliphatic rings. The van der Waals surface area contributed by atoms with E-state index in [1.807, 2.05) is 17.0 Å². The highest BCUT2D eigenvalue weighted by atomic mass is 16.7. The molecule has 52 heavy (non-hydrogen) atoms. The van der Waals surface area contributed by atoms with Gasteiger partial charge in [-0.2, -0.15) is 0 Å². The summed E-state index contributed by atoms with van der Waals surface area (Å²) in [5.41, 5.74) is 2.73. The zero-order valence-electron chi connectivity index (χ0n) is 32.4. The van der Waals surface area contributed by atoms with Gasteiger partial charge in [0.1, 0.15) is 24.7 Å². The Bertz CT molecular complexity index is 1310. The number of aliphatic hydroxyl groups is 2. The predicted molar refractivity (Wildman–Crippen MR) is 207 cm³/mol. The van der Waals surface area contributed by atoms with E-state index < -0.39 is 11.8 Å². The van der Waals surface area contributed by atoms with E-state index in [1.165, 1.54) is 38.5 Å². The molecule has 0 aromatic heterocycles. The van der Waals surface area contributed by atoms with Crippen LogP contribution in [-0.2, 0) is 14.4 Å². The molecule has 6 unspecified atom stereocenters. The van der Waals surface area contributed by atoms with E-state index in [-0.39, 0.29) is 55.1 Å². The van der Waals surface area contributed by atoms with E-state index in [4.69, 9.17) is 14.3 Å². The number of hydrogen-bond acceptors (Lipinski definition) is 8. The molecule has 0 bridgehead atoms. The van der Waals surface area contributed by atoms with E-state index in [0.717, 1.165) is 74.6 Å². The molecule has 6 atom stereocenters. The number of amides is 1. The van der Waals surface area contributed by atoms with Gasteiger partial charge < -0.3 is 34.5 Å². The fourth-order valence-electron chi connectivity index (χ4n) is 9.19. The monoisotopic (exact) mass is 725 g/mol. The van der Waals surface area contributed by atoms with Crippen LogP contribution in [0.25, 0.3) is 0 Å². The minimum Gasteiger partial charge on any atom is -0.508 e. The minimum absolute atomic E-state index is 0.106. The van der Waals surface area contributed by atoms with Gasteiger partial charge in [-0.1, -0.05) is 95.4 Å². The van der Waals surface area contributed by atoms with Gasteiger partial charge >= 0.3 is 0 Å². The summed E-state index contributed by atoms with van der Waals surface area (Å²) >= 11 is 0. The lowest BCUT2D eigenvalue weighted by molar-refractivity contribution is -0.257. The molecule has 1 saturated carbocycles. The quantitative estimate of drug-likeness (QED) is 0.0524. The number of carbonyl (C=O) groups excluding carboxylic acids is 1. The minimum atomic E-state index is -1.24. The van der Waals surface area contributed by atoms with E-state index >= 15 is 0 Å². The van der Waals surface area contributed by atoms with Crippen LogP contribution in [-0.4, -0.2) is 77.1 Å². The first-order valence-corrected chi connectivity index (χ1v) is 20.5. The number of allylic oxidation sites excluding steroid dienone is 1. The average molecular weight is 725 g/mol. The van der Waals surface area contributed by atoms with Gasteiger partial charge in [-0.15, -0.1) is 6.58 Å².